The Labute approximate surface area is 104 Å². The van der Waals surface area contributed by atoms with Gasteiger partial charge in [0.05, 0.1) is 6.04 Å². The van der Waals surface area contributed by atoms with E-state index in [1.807, 2.05) is 24.3 Å². The number of halogens is 1. The Hall–Kier alpha value is -0.870. The number of carbonyl (C=O) groups excluding carboxylic acids is 1. The second-order valence-electron chi connectivity index (χ2n) is 4.00. The summed E-state index contributed by atoms with van der Waals surface area (Å²) in [6.07, 6.45) is 2.04. The van der Waals surface area contributed by atoms with Gasteiger partial charge in [-0.2, -0.15) is 0 Å². The van der Waals surface area contributed by atoms with E-state index < -0.39 is 0 Å². The molecule has 2 rings (SSSR count). The summed E-state index contributed by atoms with van der Waals surface area (Å²) < 4.78 is 1.04. The summed E-state index contributed by atoms with van der Waals surface area (Å²) in [6.45, 7) is 1.55. The van der Waals surface area contributed by atoms with Crippen molar-refractivity contribution in [2.24, 2.45) is 0 Å². The molecule has 4 heteroatoms. The van der Waals surface area contributed by atoms with Crippen LogP contribution in [-0.4, -0.2) is 18.5 Å². The van der Waals surface area contributed by atoms with Crippen LogP contribution in [0.25, 0.3) is 0 Å². The maximum absolute atomic E-state index is 11.7. The van der Waals surface area contributed by atoms with Crippen molar-refractivity contribution in [2.75, 3.05) is 6.54 Å². The number of carbonyl (C=O) groups is 1. The molecule has 1 fully saturated rings. The zero-order chi connectivity index (χ0) is 11.4. The van der Waals surface area contributed by atoms with Gasteiger partial charge < -0.3 is 10.6 Å². The fourth-order valence-electron chi connectivity index (χ4n) is 1.87. The fraction of sp³-hybridized carbons (Fsp3) is 0.417. The van der Waals surface area contributed by atoms with Crippen molar-refractivity contribution in [2.45, 2.75) is 25.4 Å². The molecule has 86 valence electrons. The second-order valence-corrected chi connectivity index (χ2v) is 4.91. The molecule has 1 unspecified atom stereocenters. The molecule has 1 heterocycles. The standard InChI is InChI=1S/C12H15BrN2O/c13-10-4-1-3-9(7-10)8-15-12(16)11-5-2-6-14-11/h1,3-4,7,11,14H,2,5-6,8H2,(H,15,16). The van der Waals surface area contributed by atoms with Crippen molar-refractivity contribution in [1.82, 2.24) is 10.6 Å². The number of hydrogen-bond acceptors (Lipinski definition) is 2. The van der Waals surface area contributed by atoms with Gasteiger partial charge in [-0.15, -0.1) is 0 Å². The van der Waals surface area contributed by atoms with E-state index in [0.717, 1.165) is 29.4 Å². The lowest BCUT2D eigenvalue weighted by Gasteiger charge is -2.11. The Morgan fingerprint density at radius 1 is 1.56 bits per heavy atom. The minimum Gasteiger partial charge on any atom is -0.351 e. The van der Waals surface area contributed by atoms with Crippen LogP contribution in [0.4, 0.5) is 0 Å². The summed E-state index contributed by atoms with van der Waals surface area (Å²) >= 11 is 3.41. The zero-order valence-corrected chi connectivity index (χ0v) is 10.6. The summed E-state index contributed by atoms with van der Waals surface area (Å²) in [5.41, 5.74) is 1.11. The lowest BCUT2D eigenvalue weighted by Crippen LogP contribution is -2.39. The SMILES string of the molecule is O=C(NCc1cccc(Br)c1)C1CCCN1. The predicted molar refractivity (Wildman–Crippen MR) is 67.0 cm³/mol. The van der Waals surface area contributed by atoms with Crippen LogP contribution in [-0.2, 0) is 11.3 Å². The van der Waals surface area contributed by atoms with Crippen LogP contribution >= 0.6 is 15.9 Å². The molecule has 0 bridgehead atoms. The number of benzene rings is 1. The Balaban J connectivity index is 1.84. The Morgan fingerprint density at radius 2 is 2.44 bits per heavy atom. The molecule has 0 aliphatic carbocycles. The van der Waals surface area contributed by atoms with Crippen molar-refractivity contribution in [1.29, 1.82) is 0 Å². The van der Waals surface area contributed by atoms with E-state index in [-0.39, 0.29) is 11.9 Å². The highest BCUT2D eigenvalue weighted by Gasteiger charge is 2.21. The average Bonchev–Trinajstić information content (AvgIpc) is 2.79. The topological polar surface area (TPSA) is 41.1 Å². The maximum atomic E-state index is 11.7. The van der Waals surface area contributed by atoms with Crippen LogP contribution < -0.4 is 10.6 Å². The molecule has 2 N–H and O–H groups in total. The van der Waals surface area contributed by atoms with Gasteiger partial charge in [-0.25, -0.2) is 0 Å². The third-order valence-electron chi connectivity index (χ3n) is 2.73. The van der Waals surface area contributed by atoms with Gasteiger partial charge in [-0.3, -0.25) is 4.79 Å². The van der Waals surface area contributed by atoms with Gasteiger partial charge in [0.25, 0.3) is 0 Å². The van der Waals surface area contributed by atoms with Crippen molar-refractivity contribution in [3.8, 4) is 0 Å². The Bertz CT molecular complexity index is 375. The number of amides is 1. The summed E-state index contributed by atoms with van der Waals surface area (Å²) in [5.74, 6) is 0.109. The van der Waals surface area contributed by atoms with Gasteiger partial charge in [0, 0.05) is 11.0 Å². The van der Waals surface area contributed by atoms with E-state index in [2.05, 4.69) is 26.6 Å². The molecule has 0 saturated carbocycles. The summed E-state index contributed by atoms with van der Waals surface area (Å²) in [5, 5.41) is 6.13. The van der Waals surface area contributed by atoms with E-state index in [9.17, 15) is 4.79 Å². The van der Waals surface area contributed by atoms with Gasteiger partial charge in [0.15, 0.2) is 0 Å². The number of nitrogens with one attached hydrogen (secondary N) is 2. The minimum atomic E-state index is 0.00662. The lowest BCUT2D eigenvalue weighted by atomic mass is 10.2. The smallest absolute Gasteiger partial charge is 0.237 e. The van der Waals surface area contributed by atoms with Crippen LogP contribution in [0.3, 0.4) is 0 Å². The van der Waals surface area contributed by atoms with E-state index >= 15 is 0 Å². The van der Waals surface area contributed by atoms with Crippen LogP contribution in [0.1, 0.15) is 18.4 Å². The zero-order valence-electron chi connectivity index (χ0n) is 9.00. The molecule has 1 atom stereocenters. The van der Waals surface area contributed by atoms with Gasteiger partial charge in [0.2, 0.25) is 5.91 Å². The molecule has 1 aromatic rings. The van der Waals surface area contributed by atoms with Gasteiger partial charge >= 0.3 is 0 Å². The highest BCUT2D eigenvalue weighted by molar-refractivity contribution is 9.10. The minimum absolute atomic E-state index is 0.00662. The first-order valence-corrected chi connectivity index (χ1v) is 6.30. The van der Waals surface area contributed by atoms with E-state index in [1.54, 1.807) is 0 Å². The van der Waals surface area contributed by atoms with Crippen molar-refractivity contribution >= 4 is 21.8 Å². The summed E-state index contributed by atoms with van der Waals surface area (Å²) in [7, 11) is 0. The molecule has 1 aliphatic heterocycles. The molecule has 1 aliphatic rings. The third kappa shape index (κ3) is 3.06. The van der Waals surface area contributed by atoms with Gasteiger partial charge in [0.1, 0.15) is 0 Å². The van der Waals surface area contributed by atoms with Crippen LogP contribution in [0, 0.1) is 0 Å². The first-order valence-electron chi connectivity index (χ1n) is 5.51. The normalized spacial score (nSPS) is 19.7. The lowest BCUT2D eigenvalue weighted by molar-refractivity contribution is -0.122. The summed E-state index contributed by atoms with van der Waals surface area (Å²) in [4.78, 5) is 11.7. The molecule has 0 spiro atoms. The molecule has 1 aromatic carbocycles. The second kappa shape index (κ2) is 5.46. The van der Waals surface area contributed by atoms with Crippen LogP contribution in [0.5, 0.6) is 0 Å². The molecule has 0 radical (unpaired) electrons. The highest BCUT2D eigenvalue weighted by atomic mass is 79.9. The van der Waals surface area contributed by atoms with Gasteiger partial charge in [-0.05, 0) is 37.1 Å². The van der Waals surface area contributed by atoms with Crippen LogP contribution in [0.2, 0.25) is 0 Å². The van der Waals surface area contributed by atoms with Crippen molar-refractivity contribution in [3.63, 3.8) is 0 Å². The predicted octanol–water partition coefficient (Wildman–Crippen LogP) is 1.82. The first kappa shape index (κ1) is 11.6. The molecule has 3 nitrogen and oxygen atoms in total. The average molecular weight is 283 g/mol. The fourth-order valence-corrected chi connectivity index (χ4v) is 2.31. The largest absolute Gasteiger partial charge is 0.351 e. The number of rotatable bonds is 3. The highest BCUT2D eigenvalue weighted by Crippen LogP contribution is 2.11. The van der Waals surface area contributed by atoms with E-state index in [0.29, 0.717) is 6.54 Å². The molecule has 0 aromatic heterocycles. The molecular formula is C12H15BrN2O. The monoisotopic (exact) mass is 282 g/mol. The quantitative estimate of drug-likeness (QED) is 0.888. The summed E-state index contributed by atoms with van der Waals surface area (Å²) in [6, 6.07) is 7.98. The maximum Gasteiger partial charge on any atom is 0.237 e. The number of hydrogen-bond donors (Lipinski definition) is 2. The Morgan fingerprint density at radius 3 is 3.12 bits per heavy atom. The molecule has 16 heavy (non-hydrogen) atoms. The molecule has 1 amide bonds. The third-order valence-corrected chi connectivity index (χ3v) is 3.23. The van der Waals surface area contributed by atoms with Crippen molar-refractivity contribution < 1.29 is 4.79 Å². The van der Waals surface area contributed by atoms with Gasteiger partial charge in [-0.1, -0.05) is 28.1 Å². The molecule has 1 saturated heterocycles. The van der Waals surface area contributed by atoms with E-state index in [4.69, 9.17) is 0 Å². The van der Waals surface area contributed by atoms with Crippen molar-refractivity contribution in [3.05, 3.63) is 34.3 Å². The Kier molecular flexibility index (Phi) is 3.96. The van der Waals surface area contributed by atoms with E-state index in [1.165, 1.54) is 0 Å². The molecular weight excluding hydrogens is 268 g/mol. The van der Waals surface area contributed by atoms with Crippen LogP contribution in [0.15, 0.2) is 28.7 Å². The first-order chi connectivity index (χ1) is 7.75.